The average Bonchev–Trinajstić information content (AvgIpc) is 3.23. The number of carbonyl (C=O) groups is 2. The molecule has 346 valence electrons. The molecule has 2 heterocycles. The summed E-state index contributed by atoms with van der Waals surface area (Å²) < 4.78 is 33.4. The zero-order valence-corrected chi connectivity index (χ0v) is 36.0. The molecule has 0 bridgehead atoms. The molecule has 11 unspecified atom stereocenters. The normalized spacial score (nSPS) is 27.9. The zero-order chi connectivity index (χ0) is 43.3. The molecule has 0 aromatic carbocycles. The predicted octanol–water partition coefficient (Wildman–Crippen LogP) is 4.65. The molecule has 7 N–H and O–H groups in total. The third-order valence-electron chi connectivity index (χ3n) is 11.0. The topological polar surface area (TPSA) is 231 Å². The van der Waals surface area contributed by atoms with E-state index < -0.39 is 92.7 Å². The molecule has 59 heavy (non-hydrogen) atoms. The van der Waals surface area contributed by atoms with Crippen molar-refractivity contribution in [1.82, 2.24) is 0 Å². The van der Waals surface area contributed by atoms with Crippen molar-refractivity contribution in [2.45, 2.75) is 229 Å². The molecule has 0 amide bonds. The number of aliphatic hydroxyl groups excluding tert-OH is 7. The van der Waals surface area contributed by atoms with Crippen LogP contribution in [0.1, 0.15) is 162 Å². The van der Waals surface area contributed by atoms with Crippen LogP contribution >= 0.6 is 0 Å². The van der Waals surface area contributed by atoms with Gasteiger partial charge in [-0.1, -0.05) is 129 Å². The van der Waals surface area contributed by atoms with Crippen molar-refractivity contribution in [3.05, 3.63) is 12.2 Å². The minimum Gasteiger partial charge on any atom is -0.462 e. The molecule has 2 fully saturated rings. The van der Waals surface area contributed by atoms with Gasteiger partial charge >= 0.3 is 11.9 Å². The molecule has 2 aliphatic rings. The third-order valence-corrected chi connectivity index (χ3v) is 11.0. The van der Waals surface area contributed by atoms with E-state index in [0.29, 0.717) is 12.8 Å². The monoisotopic (exact) mass is 849 g/mol. The van der Waals surface area contributed by atoms with Crippen molar-refractivity contribution in [3.63, 3.8) is 0 Å². The number of carbonyl (C=O) groups excluding carboxylic acids is 2. The van der Waals surface area contributed by atoms with Crippen molar-refractivity contribution in [2.24, 2.45) is 0 Å². The average molecular weight is 849 g/mol. The minimum atomic E-state index is -1.76. The van der Waals surface area contributed by atoms with Crippen LogP contribution in [0.3, 0.4) is 0 Å². The van der Waals surface area contributed by atoms with Gasteiger partial charge in [0.15, 0.2) is 18.7 Å². The number of aliphatic hydroxyl groups is 7. The van der Waals surface area contributed by atoms with Crippen LogP contribution in [0.5, 0.6) is 0 Å². The van der Waals surface area contributed by atoms with Gasteiger partial charge in [-0.2, -0.15) is 0 Å². The van der Waals surface area contributed by atoms with Gasteiger partial charge in [-0.25, -0.2) is 0 Å². The standard InChI is InChI=1S/C44H80O15/c1-3-5-7-9-11-13-15-17-18-20-22-24-26-35(46)54-29-32(57-36(47)27-25-23-21-19-16-14-12-10-8-6-4-2)30-55-43-42(53)40(51)38(49)34(59-43)31-56-44-41(52)39(50)37(48)33(28-45)58-44/h10,12,32-34,37-45,48-53H,3-9,11,13-31H2,1-2H3/b12-10-. The van der Waals surface area contributed by atoms with Crippen LogP contribution in [0.25, 0.3) is 0 Å². The Morgan fingerprint density at radius 3 is 1.54 bits per heavy atom. The van der Waals surface area contributed by atoms with Crippen LogP contribution in [0.2, 0.25) is 0 Å². The zero-order valence-electron chi connectivity index (χ0n) is 36.0. The Morgan fingerprint density at radius 1 is 0.525 bits per heavy atom. The number of ether oxygens (including phenoxy) is 6. The second-order valence-electron chi connectivity index (χ2n) is 16.2. The van der Waals surface area contributed by atoms with Crippen LogP contribution < -0.4 is 0 Å². The summed E-state index contributed by atoms with van der Waals surface area (Å²) in [5, 5.41) is 71.8. The van der Waals surface area contributed by atoms with Gasteiger partial charge in [-0.15, -0.1) is 0 Å². The van der Waals surface area contributed by atoms with Gasteiger partial charge in [-0.05, 0) is 32.1 Å². The van der Waals surface area contributed by atoms with Crippen molar-refractivity contribution in [1.29, 1.82) is 0 Å². The molecule has 15 nitrogen and oxygen atoms in total. The van der Waals surface area contributed by atoms with E-state index in [0.717, 1.165) is 57.8 Å². The molecule has 0 aromatic rings. The van der Waals surface area contributed by atoms with E-state index in [2.05, 4.69) is 26.0 Å². The number of hydrogen-bond donors (Lipinski definition) is 7. The molecule has 2 rings (SSSR count). The second kappa shape index (κ2) is 32.9. The Hall–Kier alpha value is -1.76. The van der Waals surface area contributed by atoms with E-state index in [4.69, 9.17) is 28.4 Å². The summed E-state index contributed by atoms with van der Waals surface area (Å²) in [5.41, 5.74) is 0. The maximum Gasteiger partial charge on any atom is 0.306 e. The van der Waals surface area contributed by atoms with Gasteiger partial charge < -0.3 is 64.2 Å². The molecule has 11 atom stereocenters. The third kappa shape index (κ3) is 22.2. The van der Waals surface area contributed by atoms with Crippen LogP contribution in [-0.4, -0.2) is 142 Å². The smallest absolute Gasteiger partial charge is 0.306 e. The summed E-state index contributed by atoms with van der Waals surface area (Å²) in [6.45, 7) is 2.52. The van der Waals surface area contributed by atoms with Crippen molar-refractivity contribution in [2.75, 3.05) is 26.4 Å². The first-order valence-corrected chi connectivity index (χ1v) is 22.8. The van der Waals surface area contributed by atoms with Crippen LogP contribution in [0, 0.1) is 0 Å². The van der Waals surface area contributed by atoms with Crippen LogP contribution in [-0.2, 0) is 38.0 Å². The fraction of sp³-hybridized carbons (Fsp3) is 0.909. The Kier molecular flexibility index (Phi) is 29.8. The molecule has 0 saturated carbocycles. The number of hydrogen-bond acceptors (Lipinski definition) is 15. The fourth-order valence-electron chi connectivity index (χ4n) is 7.14. The van der Waals surface area contributed by atoms with Crippen molar-refractivity contribution in [3.8, 4) is 0 Å². The lowest BCUT2D eigenvalue weighted by Crippen LogP contribution is -2.61. The Morgan fingerprint density at radius 2 is 0.983 bits per heavy atom. The van der Waals surface area contributed by atoms with Gasteiger partial charge in [0.1, 0.15) is 55.4 Å². The van der Waals surface area contributed by atoms with Crippen LogP contribution in [0.15, 0.2) is 12.2 Å². The maximum absolute atomic E-state index is 12.9. The summed E-state index contributed by atoms with van der Waals surface area (Å²) in [5.74, 6) is -0.933. The molecule has 2 saturated heterocycles. The summed E-state index contributed by atoms with van der Waals surface area (Å²) in [7, 11) is 0. The van der Waals surface area contributed by atoms with Crippen molar-refractivity contribution < 1.29 is 73.8 Å². The molecular formula is C44H80O15. The molecule has 2 aliphatic heterocycles. The number of unbranched alkanes of at least 4 members (excludes halogenated alkanes) is 18. The van der Waals surface area contributed by atoms with E-state index >= 15 is 0 Å². The summed E-state index contributed by atoms with van der Waals surface area (Å²) >= 11 is 0. The van der Waals surface area contributed by atoms with E-state index in [1.165, 1.54) is 64.2 Å². The SMILES string of the molecule is CCCC/C=C\CCCCCCCC(=O)OC(COC(=O)CCCCCCCCCCCCCC)COC1OC(COC2OC(CO)C(O)C(O)C2O)C(O)C(O)C1O. The van der Waals surface area contributed by atoms with E-state index in [-0.39, 0.29) is 26.1 Å². The Labute approximate surface area is 352 Å². The predicted molar refractivity (Wildman–Crippen MR) is 220 cm³/mol. The van der Waals surface area contributed by atoms with Gasteiger partial charge in [0.05, 0.1) is 19.8 Å². The quantitative estimate of drug-likeness (QED) is 0.0266. The lowest BCUT2D eigenvalue weighted by Gasteiger charge is -2.42. The molecule has 0 spiro atoms. The van der Waals surface area contributed by atoms with Gasteiger partial charge in [0.2, 0.25) is 0 Å². The molecular weight excluding hydrogens is 768 g/mol. The van der Waals surface area contributed by atoms with E-state index in [9.17, 15) is 45.3 Å². The molecule has 15 heteroatoms. The highest BCUT2D eigenvalue weighted by molar-refractivity contribution is 5.70. The Bertz CT molecular complexity index is 1090. The summed E-state index contributed by atoms with van der Waals surface area (Å²) in [4.78, 5) is 25.6. The number of rotatable bonds is 34. The van der Waals surface area contributed by atoms with Gasteiger partial charge in [0.25, 0.3) is 0 Å². The first-order valence-electron chi connectivity index (χ1n) is 22.8. The van der Waals surface area contributed by atoms with E-state index in [1.54, 1.807) is 0 Å². The lowest BCUT2D eigenvalue weighted by atomic mass is 9.98. The van der Waals surface area contributed by atoms with Gasteiger partial charge in [-0.3, -0.25) is 9.59 Å². The highest BCUT2D eigenvalue weighted by Crippen LogP contribution is 2.26. The van der Waals surface area contributed by atoms with E-state index in [1.807, 2.05) is 0 Å². The molecule has 0 aliphatic carbocycles. The van der Waals surface area contributed by atoms with Gasteiger partial charge in [0, 0.05) is 12.8 Å². The first kappa shape index (κ1) is 53.4. The highest BCUT2D eigenvalue weighted by Gasteiger charge is 2.47. The maximum atomic E-state index is 12.9. The molecule has 0 aromatic heterocycles. The number of esters is 2. The summed E-state index contributed by atoms with van der Waals surface area (Å²) in [6.07, 6.45) is 11.2. The van der Waals surface area contributed by atoms with Crippen molar-refractivity contribution >= 4 is 11.9 Å². The minimum absolute atomic E-state index is 0.158. The van der Waals surface area contributed by atoms with Crippen LogP contribution in [0.4, 0.5) is 0 Å². The molecule has 0 radical (unpaired) electrons. The largest absolute Gasteiger partial charge is 0.462 e. The number of allylic oxidation sites excluding steroid dienone is 2. The highest BCUT2D eigenvalue weighted by atomic mass is 16.7. The first-order chi connectivity index (χ1) is 28.5. The second-order valence-corrected chi connectivity index (χ2v) is 16.2. The Balaban J connectivity index is 1.86. The summed E-state index contributed by atoms with van der Waals surface area (Å²) in [6, 6.07) is 0. The lowest BCUT2D eigenvalue weighted by molar-refractivity contribution is -0.332. The fourth-order valence-corrected chi connectivity index (χ4v) is 7.14.